The van der Waals surface area contributed by atoms with Crippen molar-refractivity contribution in [3.63, 3.8) is 0 Å². The van der Waals surface area contributed by atoms with Crippen molar-refractivity contribution in [1.29, 1.82) is 0 Å². The van der Waals surface area contributed by atoms with Crippen LogP contribution < -0.4 is 5.32 Å². The van der Waals surface area contributed by atoms with Gasteiger partial charge in [0.15, 0.2) is 0 Å². The molecule has 0 saturated carbocycles. The minimum Gasteiger partial charge on any atom is -0.315 e. The minimum atomic E-state index is -3.62. The molecule has 0 amide bonds. The molecule has 1 unspecified atom stereocenters. The number of halogens is 3. The molecule has 0 bridgehead atoms. The van der Waals surface area contributed by atoms with Crippen LogP contribution >= 0.6 is 35.6 Å². The smallest absolute Gasteiger partial charge is 0.244 e. The molecule has 1 aliphatic rings. The van der Waals surface area contributed by atoms with Crippen molar-refractivity contribution in [3.8, 4) is 0 Å². The van der Waals surface area contributed by atoms with Crippen molar-refractivity contribution in [1.82, 2.24) is 9.62 Å². The first kappa shape index (κ1) is 19.0. The maximum absolute atomic E-state index is 12.8. The molecule has 8 heteroatoms. The molecule has 1 aromatic rings. The standard InChI is InChI=1S/C13H18Cl2N2O2S.ClH/c1-2-8-17(10-6-7-16-9-10)20(18,19)12-5-3-4-11(14)13(12)15;/h3-5,10,16H,2,6-9H2,1H3;1H. The fraction of sp³-hybridized carbons (Fsp3) is 0.538. The van der Waals surface area contributed by atoms with E-state index in [1.165, 1.54) is 6.07 Å². The summed E-state index contributed by atoms with van der Waals surface area (Å²) in [5, 5.41) is 3.55. The van der Waals surface area contributed by atoms with Gasteiger partial charge < -0.3 is 5.32 Å². The summed E-state index contributed by atoms with van der Waals surface area (Å²) in [7, 11) is -3.62. The second-order valence-corrected chi connectivity index (χ2v) is 7.46. The van der Waals surface area contributed by atoms with Crippen LogP contribution in [0.4, 0.5) is 0 Å². The van der Waals surface area contributed by atoms with Gasteiger partial charge in [-0.1, -0.05) is 36.2 Å². The fourth-order valence-corrected chi connectivity index (χ4v) is 4.90. The van der Waals surface area contributed by atoms with Gasteiger partial charge in [0.1, 0.15) is 4.90 Å². The maximum atomic E-state index is 12.8. The van der Waals surface area contributed by atoms with Gasteiger partial charge in [0, 0.05) is 19.1 Å². The third-order valence-corrected chi connectivity index (χ3v) is 6.31. The van der Waals surface area contributed by atoms with Gasteiger partial charge in [0.25, 0.3) is 0 Å². The van der Waals surface area contributed by atoms with Crippen molar-refractivity contribution < 1.29 is 8.42 Å². The van der Waals surface area contributed by atoms with E-state index in [-0.39, 0.29) is 33.4 Å². The monoisotopic (exact) mass is 372 g/mol. The predicted molar refractivity (Wildman–Crippen MR) is 89.2 cm³/mol. The lowest BCUT2D eigenvalue weighted by molar-refractivity contribution is 0.335. The topological polar surface area (TPSA) is 49.4 Å². The van der Waals surface area contributed by atoms with Crippen molar-refractivity contribution in [2.45, 2.75) is 30.7 Å². The van der Waals surface area contributed by atoms with Crippen LogP contribution in [0.25, 0.3) is 0 Å². The number of hydrogen-bond donors (Lipinski definition) is 1. The summed E-state index contributed by atoms with van der Waals surface area (Å²) in [6.45, 7) is 3.96. The first-order valence-electron chi connectivity index (χ1n) is 6.65. The van der Waals surface area contributed by atoms with E-state index in [1.807, 2.05) is 6.92 Å². The van der Waals surface area contributed by atoms with Crippen molar-refractivity contribution in [2.24, 2.45) is 0 Å². The Balaban J connectivity index is 0.00000220. The van der Waals surface area contributed by atoms with Crippen molar-refractivity contribution >= 4 is 45.6 Å². The van der Waals surface area contributed by atoms with Crippen LogP contribution in [0.3, 0.4) is 0 Å². The molecule has 0 spiro atoms. The predicted octanol–water partition coefficient (Wildman–Crippen LogP) is 3.18. The highest BCUT2D eigenvalue weighted by molar-refractivity contribution is 7.89. The zero-order valence-electron chi connectivity index (χ0n) is 11.7. The number of hydrogen-bond acceptors (Lipinski definition) is 3. The van der Waals surface area contributed by atoms with E-state index >= 15 is 0 Å². The summed E-state index contributed by atoms with van der Waals surface area (Å²) < 4.78 is 27.2. The average molecular weight is 374 g/mol. The molecule has 1 aliphatic heterocycles. The van der Waals surface area contributed by atoms with Crippen LogP contribution in [0, 0.1) is 0 Å². The number of nitrogens with one attached hydrogen (secondary N) is 1. The quantitative estimate of drug-likeness (QED) is 0.862. The van der Waals surface area contributed by atoms with E-state index < -0.39 is 10.0 Å². The Morgan fingerprint density at radius 3 is 2.67 bits per heavy atom. The summed E-state index contributed by atoms with van der Waals surface area (Å²) >= 11 is 12.0. The first-order valence-corrected chi connectivity index (χ1v) is 8.84. The lowest BCUT2D eigenvalue weighted by Crippen LogP contribution is -2.42. The Bertz CT molecular complexity index is 575. The second kappa shape index (κ2) is 7.99. The second-order valence-electron chi connectivity index (χ2n) is 4.81. The Kier molecular flexibility index (Phi) is 7.24. The number of benzene rings is 1. The zero-order chi connectivity index (χ0) is 14.8. The lowest BCUT2D eigenvalue weighted by Gasteiger charge is -2.27. The van der Waals surface area contributed by atoms with Crippen LogP contribution in [0.2, 0.25) is 10.0 Å². The normalized spacial score (nSPS) is 18.8. The third-order valence-electron chi connectivity index (χ3n) is 3.39. The molecule has 0 aromatic heterocycles. The molecular formula is C13H19Cl3N2O2S. The van der Waals surface area contributed by atoms with Gasteiger partial charge >= 0.3 is 0 Å². The highest BCUT2D eigenvalue weighted by Crippen LogP contribution is 2.32. The van der Waals surface area contributed by atoms with E-state index in [2.05, 4.69) is 5.32 Å². The molecule has 1 N–H and O–H groups in total. The Labute approximate surface area is 142 Å². The molecule has 120 valence electrons. The van der Waals surface area contributed by atoms with E-state index in [1.54, 1.807) is 16.4 Å². The molecular weight excluding hydrogens is 355 g/mol. The fourth-order valence-electron chi connectivity index (χ4n) is 2.41. The Morgan fingerprint density at radius 1 is 1.38 bits per heavy atom. The number of nitrogens with zero attached hydrogens (tertiary/aromatic N) is 1. The van der Waals surface area contributed by atoms with Crippen LogP contribution in [0.1, 0.15) is 19.8 Å². The molecule has 21 heavy (non-hydrogen) atoms. The Morgan fingerprint density at radius 2 is 2.10 bits per heavy atom. The van der Waals surface area contributed by atoms with Gasteiger partial charge in [0.05, 0.1) is 10.0 Å². The minimum absolute atomic E-state index is 0. The SMILES string of the molecule is CCCN(C1CCNC1)S(=O)(=O)c1cccc(Cl)c1Cl.Cl. The highest BCUT2D eigenvalue weighted by atomic mass is 35.5. The van der Waals surface area contributed by atoms with Gasteiger partial charge in [0.2, 0.25) is 10.0 Å². The summed E-state index contributed by atoms with van der Waals surface area (Å²) in [6.07, 6.45) is 1.57. The molecule has 1 saturated heterocycles. The lowest BCUT2D eigenvalue weighted by atomic mass is 10.2. The van der Waals surface area contributed by atoms with Gasteiger partial charge in [-0.2, -0.15) is 4.31 Å². The van der Waals surface area contributed by atoms with Gasteiger partial charge in [-0.3, -0.25) is 0 Å². The molecule has 0 aliphatic carbocycles. The number of sulfonamides is 1. The molecule has 1 fully saturated rings. The van der Waals surface area contributed by atoms with E-state index in [0.29, 0.717) is 13.1 Å². The zero-order valence-corrected chi connectivity index (χ0v) is 14.8. The van der Waals surface area contributed by atoms with E-state index in [9.17, 15) is 8.42 Å². The van der Waals surface area contributed by atoms with Gasteiger partial charge in [-0.05, 0) is 31.5 Å². The Hall–Kier alpha value is -0.0400. The third kappa shape index (κ3) is 4.03. The molecule has 1 heterocycles. The van der Waals surface area contributed by atoms with Crippen LogP contribution in [0.5, 0.6) is 0 Å². The summed E-state index contributed by atoms with van der Waals surface area (Å²) in [5.74, 6) is 0. The molecule has 0 radical (unpaired) electrons. The van der Waals surface area contributed by atoms with Crippen LogP contribution in [0.15, 0.2) is 23.1 Å². The number of rotatable bonds is 5. The van der Waals surface area contributed by atoms with Gasteiger partial charge in [-0.25, -0.2) is 8.42 Å². The highest BCUT2D eigenvalue weighted by Gasteiger charge is 2.34. The first-order chi connectivity index (χ1) is 9.48. The average Bonchev–Trinajstić information content (AvgIpc) is 2.92. The summed E-state index contributed by atoms with van der Waals surface area (Å²) in [5.41, 5.74) is 0. The summed E-state index contributed by atoms with van der Waals surface area (Å²) in [6, 6.07) is 4.69. The molecule has 1 aromatic carbocycles. The van der Waals surface area contributed by atoms with E-state index in [0.717, 1.165) is 19.4 Å². The largest absolute Gasteiger partial charge is 0.315 e. The van der Waals surface area contributed by atoms with Crippen LogP contribution in [-0.4, -0.2) is 38.4 Å². The van der Waals surface area contributed by atoms with Crippen LogP contribution in [-0.2, 0) is 10.0 Å². The molecule has 2 rings (SSSR count). The maximum Gasteiger partial charge on any atom is 0.244 e. The van der Waals surface area contributed by atoms with Crippen molar-refractivity contribution in [3.05, 3.63) is 28.2 Å². The molecule has 4 nitrogen and oxygen atoms in total. The molecule has 1 atom stereocenters. The van der Waals surface area contributed by atoms with Gasteiger partial charge in [-0.15, -0.1) is 12.4 Å². The van der Waals surface area contributed by atoms with Crippen molar-refractivity contribution in [2.75, 3.05) is 19.6 Å². The summed E-state index contributed by atoms with van der Waals surface area (Å²) in [4.78, 5) is 0.0898. The van der Waals surface area contributed by atoms with E-state index in [4.69, 9.17) is 23.2 Å².